The van der Waals surface area contributed by atoms with Crippen LogP contribution in [0.5, 0.6) is 0 Å². The van der Waals surface area contributed by atoms with Crippen molar-refractivity contribution in [2.75, 3.05) is 43.0 Å². The van der Waals surface area contributed by atoms with Crippen molar-refractivity contribution in [1.82, 2.24) is 29.6 Å². The van der Waals surface area contributed by atoms with Crippen molar-refractivity contribution in [3.8, 4) is 0 Å². The summed E-state index contributed by atoms with van der Waals surface area (Å²) in [7, 11) is 2.15. The number of likely N-dealkylation sites (N-methyl/N-ethyl adjacent to an activating group) is 1. The number of carbonyl (C=O) groups is 1. The van der Waals surface area contributed by atoms with Gasteiger partial charge in [0, 0.05) is 44.5 Å². The van der Waals surface area contributed by atoms with Crippen LogP contribution in [0.15, 0.2) is 36.8 Å². The first-order valence-electron chi connectivity index (χ1n) is 12.1. The van der Waals surface area contributed by atoms with Crippen LogP contribution in [0.3, 0.4) is 0 Å². The number of anilines is 2. The van der Waals surface area contributed by atoms with Gasteiger partial charge >= 0.3 is 0 Å². The SMILES string of the molecule is CC1CN(c2ncc(Cl)c(N3CC(C(=O)NC(C)(C)c4cnc5ccccn45)C3)n2)[C@@H](C)CN1C. The summed E-state index contributed by atoms with van der Waals surface area (Å²) >= 11 is 6.48. The van der Waals surface area contributed by atoms with E-state index in [1.807, 2.05) is 48.8 Å². The molecule has 0 aromatic carbocycles. The third-order valence-corrected chi connectivity index (χ3v) is 7.58. The number of aromatic nitrogens is 4. The number of hydrogen-bond donors (Lipinski definition) is 1. The molecule has 186 valence electrons. The van der Waals surface area contributed by atoms with Gasteiger partial charge in [-0.3, -0.25) is 9.69 Å². The maximum Gasteiger partial charge on any atom is 0.227 e. The number of carbonyl (C=O) groups excluding carboxylic acids is 1. The number of pyridine rings is 1. The molecular formula is C25H33ClN8O. The molecule has 3 aromatic rings. The highest BCUT2D eigenvalue weighted by Gasteiger charge is 2.38. The number of imidazole rings is 1. The van der Waals surface area contributed by atoms with Crippen molar-refractivity contribution in [2.24, 2.45) is 5.92 Å². The van der Waals surface area contributed by atoms with Gasteiger partial charge in [0.2, 0.25) is 11.9 Å². The monoisotopic (exact) mass is 496 g/mol. The fourth-order valence-corrected chi connectivity index (χ4v) is 5.18. The van der Waals surface area contributed by atoms with Gasteiger partial charge in [0.1, 0.15) is 10.7 Å². The molecule has 1 N–H and O–H groups in total. The largest absolute Gasteiger partial charge is 0.353 e. The van der Waals surface area contributed by atoms with Crippen LogP contribution in [0.1, 0.15) is 33.4 Å². The third-order valence-electron chi connectivity index (χ3n) is 7.31. The van der Waals surface area contributed by atoms with E-state index in [2.05, 4.69) is 50.9 Å². The van der Waals surface area contributed by atoms with Crippen LogP contribution in [0.2, 0.25) is 5.02 Å². The standard InChI is InChI=1S/C25H33ClN8O/c1-16-13-34(17(2)12-31(16)5)24-28-10-19(26)22(29-24)32-14-18(15-32)23(35)30-25(3,4)20-11-27-21-8-6-7-9-33(20)21/h6-11,16-18H,12-15H2,1-5H3,(H,30,35)/t16?,17-/m0/s1. The van der Waals surface area contributed by atoms with Gasteiger partial charge in [-0.05, 0) is 46.9 Å². The molecule has 2 fully saturated rings. The molecule has 0 bridgehead atoms. The summed E-state index contributed by atoms with van der Waals surface area (Å²) in [4.78, 5) is 33.6. The van der Waals surface area contributed by atoms with Gasteiger partial charge in [-0.25, -0.2) is 9.97 Å². The Morgan fingerprint density at radius 3 is 2.63 bits per heavy atom. The van der Waals surface area contributed by atoms with Gasteiger partial charge in [0.05, 0.1) is 29.5 Å². The summed E-state index contributed by atoms with van der Waals surface area (Å²) in [6, 6.07) is 6.59. The minimum atomic E-state index is -0.563. The highest BCUT2D eigenvalue weighted by molar-refractivity contribution is 6.32. The Kier molecular flexibility index (Phi) is 6.09. The topological polar surface area (TPSA) is 81.9 Å². The third kappa shape index (κ3) is 4.43. The number of halogens is 1. The Morgan fingerprint density at radius 2 is 1.86 bits per heavy atom. The van der Waals surface area contributed by atoms with E-state index in [9.17, 15) is 4.79 Å². The molecule has 2 saturated heterocycles. The smallest absolute Gasteiger partial charge is 0.227 e. The van der Waals surface area contributed by atoms with Gasteiger partial charge in [-0.2, -0.15) is 4.98 Å². The fraction of sp³-hybridized carbons (Fsp3) is 0.520. The molecule has 0 saturated carbocycles. The van der Waals surface area contributed by atoms with Crippen molar-refractivity contribution in [3.63, 3.8) is 0 Å². The van der Waals surface area contributed by atoms with Crippen LogP contribution in [-0.2, 0) is 10.3 Å². The zero-order valence-electron chi connectivity index (χ0n) is 20.9. The summed E-state index contributed by atoms with van der Waals surface area (Å²) in [5, 5.41) is 3.72. The second kappa shape index (κ2) is 8.95. The molecule has 35 heavy (non-hydrogen) atoms. The predicted octanol–water partition coefficient (Wildman–Crippen LogP) is 2.79. The number of rotatable bonds is 5. The molecule has 1 unspecified atom stereocenters. The van der Waals surface area contributed by atoms with Gasteiger partial charge in [0.25, 0.3) is 0 Å². The molecule has 2 aliphatic rings. The zero-order valence-corrected chi connectivity index (χ0v) is 21.7. The molecule has 2 atom stereocenters. The lowest BCUT2D eigenvalue weighted by Crippen LogP contribution is -2.57. The molecule has 0 spiro atoms. The van der Waals surface area contributed by atoms with E-state index < -0.39 is 5.54 Å². The van der Waals surface area contributed by atoms with Crippen LogP contribution in [0.4, 0.5) is 11.8 Å². The number of piperazine rings is 1. The quantitative estimate of drug-likeness (QED) is 0.581. The van der Waals surface area contributed by atoms with Crippen molar-refractivity contribution >= 4 is 34.9 Å². The van der Waals surface area contributed by atoms with E-state index in [0.717, 1.165) is 24.4 Å². The minimum absolute atomic E-state index is 0.0176. The molecule has 0 aliphatic carbocycles. The zero-order chi connectivity index (χ0) is 24.9. The molecule has 10 heteroatoms. The molecule has 3 aromatic heterocycles. The first-order chi connectivity index (χ1) is 16.6. The first kappa shape index (κ1) is 23.8. The summed E-state index contributed by atoms with van der Waals surface area (Å²) in [6.07, 6.45) is 5.47. The second-order valence-corrected chi connectivity index (χ2v) is 10.8. The van der Waals surface area contributed by atoms with Crippen LogP contribution in [0, 0.1) is 5.92 Å². The van der Waals surface area contributed by atoms with Crippen LogP contribution in [0.25, 0.3) is 5.65 Å². The Labute approximate surface area is 211 Å². The van der Waals surface area contributed by atoms with Crippen LogP contribution >= 0.6 is 11.6 Å². The Bertz CT molecular complexity index is 1240. The van der Waals surface area contributed by atoms with E-state index >= 15 is 0 Å². The molecule has 5 rings (SSSR count). The van der Waals surface area contributed by atoms with Gasteiger partial charge in [-0.15, -0.1) is 0 Å². The first-order valence-corrected chi connectivity index (χ1v) is 12.5. The van der Waals surface area contributed by atoms with Crippen molar-refractivity contribution in [1.29, 1.82) is 0 Å². The maximum absolute atomic E-state index is 13.1. The molecule has 5 heterocycles. The molecule has 2 aliphatic heterocycles. The average molecular weight is 497 g/mol. The lowest BCUT2D eigenvalue weighted by Gasteiger charge is -2.43. The second-order valence-electron chi connectivity index (χ2n) is 10.4. The van der Waals surface area contributed by atoms with Gasteiger partial charge in [0.15, 0.2) is 5.82 Å². The molecule has 1 amide bonds. The normalized spacial score (nSPS) is 21.9. The van der Waals surface area contributed by atoms with Gasteiger partial charge in [-0.1, -0.05) is 17.7 Å². The minimum Gasteiger partial charge on any atom is -0.353 e. The average Bonchev–Trinajstić information content (AvgIpc) is 3.21. The number of hydrogen-bond acceptors (Lipinski definition) is 7. The molecular weight excluding hydrogens is 464 g/mol. The highest BCUT2D eigenvalue weighted by Crippen LogP contribution is 2.32. The summed E-state index contributed by atoms with van der Waals surface area (Å²) in [5.41, 5.74) is 1.24. The lowest BCUT2D eigenvalue weighted by atomic mass is 9.95. The summed E-state index contributed by atoms with van der Waals surface area (Å²) in [6.45, 7) is 11.4. The number of fused-ring (bicyclic) bond motifs is 1. The predicted molar refractivity (Wildman–Crippen MR) is 138 cm³/mol. The maximum atomic E-state index is 13.1. The van der Waals surface area contributed by atoms with Gasteiger partial charge < -0.3 is 19.5 Å². The molecule has 0 radical (unpaired) electrons. The van der Waals surface area contributed by atoms with E-state index in [0.29, 0.717) is 42.0 Å². The Hall–Kier alpha value is -2.91. The van der Waals surface area contributed by atoms with E-state index in [1.165, 1.54) is 0 Å². The number of nitrogens with zero attached hydrogens (tertiary/aromatic N) is 7. The fourth-order valence-electron chi connectivity index (χ4n) is 4.97. The molecule has 9 nitrogen and oxygen atoms in total. The number of amides is 1. The van der Waals surface area contributed by atoms with Crippen molar-refractivity contribution < 1.29 is 4.79 Å². The Balaban J connectivity index is 1.26. The van der Waals surface area contributed by atoms with Crippen molar-refractivity contribution in [3.05, 3.63) is 47.5 Å². The lowest BCUT2D eigenvalue weighted by molar-refractivity contribution is -0.127. The van der Waals surface area contributed by atoms with E-state index in [-0.39, 0.29) is 11.8 Å². The van der Waals surface area contributed by atoms with E-state index in [4.69, 9.17) is 16.6 Å². The Morgan fingerprint density at radius 1 is 1.09 bits per heavy atom. The highest BCUT2D eigenvalue weighted by atomic mass is 35.5. The summed E-state index contributed by atoms with van der Waals surface area (Å²) < 4.78 is 2.01. The number of nitrogens with one attached hydrogen (secondary N) is 1. The summed E-state index contributed by atoms with van der Waals surface area (Å²) in [5.74, 6) is 1.27. The van der Waals surface area contributed by atoms with Crippen LogP contribution in [-0.4, -0.2) is 75.5 Å². The van der Waals surface area contributed by atoms with E-state index in [1.54, 1.807) is 6.20 Å². The van der Waals surface area contributed by atoms with Crippen LogP contribution < -0.4 is 15.1 Å². The van der Waals surface area contributed by atoms with Crippen molar-refractivity contribution in [2.45, 2.75) is 45.3 Å².